The van der Waals surface area contributed by atoms with Gasteiger partial charge in [-0.3, -0.25) is 14.6 Å². The van der Waals surface area contributed by atoms with Crippen LogP contribution in [0.4, 0.5) is 0 Å². The van der Waals surface area contributed by atoms with Gasteiger partial charge in [0.05, 0.1) is 0 Å². The molecule has 4 aliphatic heterocycles. The summed E-state index contributed by atoms with van der Waals surface area (Å²) in [5.41, 5.74) is 0.713. The van der Waals surface area contributed by atoms with E-state index in [0.717, 1.165) is 43.5 Å². The Morgan fingerprint density at radius 2 is 1.76 bits per heavy atom. The van der Waals surface area contributed by atoms with Crippen LogP contribution in [0.15, 0.2) is 36.4 Å². The summed E-state index contributed by atoms with van der Waals surface area (Å²) in [7, 11) is 0. The summed E-state index contributed by atoms with van der Waals surface area (Å²) < 4.78 is 0. The molecule has 0 spiro atoms. The Morgan fingerprint density at radius 3 is 2.44 bits per heavy atom. The van der Waals surface area contributed by atoms with E-state index in [1.807, 2.05) is 18.2 Å². The van der Waals surface area contributed by atoms with Crippen molar-refractivity contribution in [3.8, 4) is 5.75 Å². The van der Waals surface area contributed by atoms with Crippen LogP contribution in [0.5, 0.6) is 5.75 Å². The number of ketones is 1. The van der Waals surface area contributed by atoms with Crippen LogP contribution in [0.3, 0.4) is 0 Å². The van der Waals surface area contributed by atoms with Gasteiger partial charge < -0.3 is 5.11 Å². The number of piperidine rings is 2. The number of hydrogen-bond acceptors (Lipinski definition) is 2. The second-order valence-electron chi connectivity index (χ2n) is 8.70. The van der Waals surface area contributed by atoms with Crippen LogP contribution >= 0.6 is 0 Å². The van der Waals surface area contributed by atoms with Gasteiger partial charge in [0.15, 0.2) is 5.78 Å². The summed E-state index contributed by atoms with van der Waals surface area (Å²) in [4.78, 5) is 16.0. The second-order valence-corrected chi connectivity index (χ2v) is 8.70. The Bertz CT molecular complexity index is 875. The van der Waals surface area contributed by atoms with Crippen molar-refractivity contribution >= 4 is 16.6 Å². The van der Waals surface area contributed by atoms with Crippen LogP contribution in [-0.2, 0) is 4.79 Å². The van der Waals surface area contributed by atoms with Gasteiger partial charge in [-0.2, -0.15) is 0 Å². The molecule has 4 heteroatoms. The van der Waals surface area contributed by atoms with E-state index in [0.29, 0.717) is 11.5 Å². The van der Waals surface area contributed by atoms with Crippen molar-refractivity contribution < 1.29 is 19.7 Å². The molecule has 3 N–H and O–H groups in total. The van der Waals surface area contributed by atoms with E-state index in [1.54, 1.807) is 0 Å². The molecule has 0 radical (unpaired) electrons. The number of aromatic hydroxyl groups is 1. The quantitative estimate of drug-likeness (QED) is 0.739. The van der Waals surface area contributed by atoms with E-state index < -0.39 is 0 Å². The van der Waals surface area contributed by atoms with E-state index in [2.05, 4.69) is 32.0 Å². The van der Waals surface area contributed by atoms with E-state index in [9.17, 15) is 9.90 Å². The third kappa shape index (κ3) is 1.87. The third-order valence-electron chi connectivity index (χ3n) is 7.12. The second kappa shape index (κ2) is 4.83. The van der Waals surface area contributed by atoms with Crippen LogP contribution < -0.4 is 9.80 Å². The van der Waals surface area contributed by atoms with Gasteiger partial charge in [0, 0.05) is 5.39 Å². The molecule has 4 aliphatic rings. The fourth-order valence-electron chi connectivity index (χ4n) is 6.19. The van der Waals surface area contributed by atoms with Crippen LogP contribution in [0.1, 0.15) is 32.0 Å². The molecule has 130 valence electrons. The molecule has 2 aromatic rings. The fourth-order valence-corrected chi connectivity index (χ4v) is 6.19. The summed E-state index contributed by atoms with van der Waals surface area (Å²) in [5, 5.41) is 13.1. The lowest BCUT2D eigenvalue weighted by atomic mass is 9.60. The number of rotatable bonds is 2. The van der Waals surface area contributed by atoms with Crippen molar-refractivity contribution in [3.63, 3.8) is 0 Å². The molecule has 25 heavy (non-hydrogen) atoms. The van der Waals surface area contributed by atoms with Gasteiger partial charge in [0.25, 0.3) is 0 Å². The van der Waals surface area contributed by atoms with E-state index in [1.165, 1.54) is 15.2 Å². The lowest BCUT2D eigenvalue weighted by molar-refractivity contribution is -1.18. The highest BCUT2D eigenvalue weighted by molar-refractivity contribution is 5.92. The summed E-state index contributed by atoms with van der Waals surface area (Å²) in [6.45, 7) is 7.94. The molecule has 0 amide bonds. The fraction of sp³-hybridized carbons (Fsp3) is 0.476. The molecule has 6 rings (SSSR count). The van der Waals surface area contributed by atoms with Gasteiger partial charge in [-0.25, -0.2) is 0 Å². The highest BCUT2D eigenvalue weighted by Gasteiger charge is 2.69. The lowest BCUT2D eigenvalue weighted by Crippen LogP contribution is -3.41. The first-order chi connectivity index (χ1) is 12.0. The number of carbonyl (C=O) groups excluding carboxylic acids is 1. The van der Waals surface area contributed by atoms with E-state index in [-0.39, 0.29) is 17.0 Å². The highest BCUT2D eigenvalue weighted by atomic mass is 16.3. The van der Waals surface area contributed by atoms with Crippen LogP contribution in [0, 0.1) is 10.8 Å². The minimum absolute atomic E-state index is 0.160. The Balaban J connectivity index is 1.67. The number of Topliss-reactive ketones (excluding diaryl/α,β-unsaturated/α-hetero) is 1. The standard InChI is InChI=1S/C21H24N2O2/c1-3-21-12-22-10-20(2,19(21)25)11-23(13-21)18(22)17-15-7-5-4-6-14(15)8-9-16(17)24/h4-9,18,24H,3,10-13H2,1-2H3/p+2. The Kier molecular flexibility index (Phi) is 2.97. The maximum absolute atomic E-state index is 13.1. The predicted octanol–water partition coefficient (Wildman–Crippen LogP) is 0.326. The Morgan fingerprint density at radius 1 is 1.08 bits per heavy atom. The first-order valence-electron chi connectivity index (χ1n) is 9.42. The van der Waals surface area contributed by atoms with Crippen molar-refractivity contribution in [2.75, 3.05) is 26.2 Å². The number of phenols is 1. The topological polar surface area (TPSA) is 46.2 Å². The van der Waals surface area contributed by atoms with E-state index >= 15 is 0 Å². The normalized spacial score (nSPS) is 39.3. The molecule has 2 aromatic carbocycles. The molecular formula is C21H26N2O2+2. The minimum atomic E-state index is -0.201. The van der Waals surface area contributed by atoms with Gasteiger partial charge in [-0.1, -0.05) is 37.3 Å². The first-order valence-corrected chi connectivity index (χ1v) is 9.42. The van der Waals surface area contributed by atoms with Gasteiger partial charge >= 0.3 is 0 Å². The van der Waals surface area contributed by atoms with Gasteiger partial charge in [-0.15, -0.1) is 0 Å². The first kappa shape index (κ1) is 15.4. The zero-order valence-corrected chi connectivity index (χ0v) is 14.9. The molecule has 0 aliphatic carbocycles. The maximum Gasteiger partial charge on any atom is 0.244 e. The number of benzene rings is 2. The van der Waals surface area contributed by atoms with E-state index in [4.69, 9.17) is 0 Å². The number of phenolic OH excluding ortho intramolecular Hbond substituents is 1. The van der Waals surface area contributed by atoms with Gasteiger partial charge in [0.1, 0.15) is 48.3 Å². The summed E-state index contributed by atoms with van der Waals surface area (Å²) >= 11 is 0. The molecule has 0 saturated carbocycles. The number of carbonyl (C=O) groups is 1. The van der Waals surface area contributed by atoms with Crippen molar-refractivity contribution in [2.24, 2.45) is 10.8 Å². The highest BCUT2D eigenvalue weighted by Crippen LogP contribution is 2.40. The largest absolute Gasteiger partial charge is 0.507 e. The number of fused-ring (bicyclic) bond motifs is 1. The van der Waals surface area contributed by atoms with Crippen LogP contribution in [0.2, 0.25) is 0 Å². The van der Waals surface area contributed by atoms with Crippen molar-refractivity contribution in [1.29, 1.82) is 0 Å². The summed E-state index contributed by atoms with van der Waals surface area (Å²) in [6, 6.07) is 12.2. The van der Waals surface area contributed by atoms with Crippen LogP contribution in [0.25, 0.3) is 10.8 Å². The van der Waals surface area contributed by atoms with Gasteiger partial charge in [0.2, 0.25) is 6.17 Å². The van der Waals surface area contributed by atoms with Crippen molar-refractivity contribution in [3.05, 3.63) is 42.0 Å². The van der Waals surface area contributed by atoms with Crippen molar-refractivity contribution in [1.82, 2.24) is 0 Å². The average molecular weight is 338 g/mol. The molecule has 4 saturated heterocycles. The molecule has 4 heterocycles. The number of nitrogens with one attached hydrogen (secondary N) is 2. The SMILES string of the molecule is CCC12C[NH+]3CC(C)(C[NH+](C1)C3c1c(O)ccc3ccccc13)C2=O. The third-order valence-corrected chi connectivity index (χ3v) is 7.12. The molecule has 0 aromatic heterocycles. The zero-order valence-electron chi connectivity index (χ0n) is 14.9. The summed E-state index contributed by atoms with van der Waals surface area (Å²) in [5.74, 6) is 0.897. The molecule has 2 unspecified atom stereocenters. The minimum Gasteiger partial charge on any atom is -0.507 e. The summed E-state index contributed by atoms with van der Waals surface area (Å²) in [6.07, 6.45) is 1.16. The Hall–Kier alpha value is -1.91. The number of hydrogen-bond donors (Lipinski definition) is 3. The Labute approximate surface area is 148 Å². The van der Waals surface area contributed by atoms with Gasteiger partial charge in [-0.05, 0) is 24.8 Å². The zero-order chi connectivity index (χ0) is 17.4. The molecule has 2 atom stereocenters. The molecule has 4 nitrogen and oxygen atoms in total. The number of quaternary nitrogens is 2. The average Bonchev–Trinajstić information content (AvgIpc) is 2.60. The molecule has 4 bridgehead atoms. The lowest BCUT2D eigenvalue weighted by Gasteiger charge is -2.59. The molecular weight excluding hydrogens is 312 g/mol. The van der Waals surface area contributed by atoms with Crippen LogP contribution in [-0.4, -0.2) is 37.1 Å². The smallest absolute Gasteiger partial charge is 0.244 e. The van der Waals surface area contributed by atoms with Crippen molar-refractivity contribution in [2.45, 2.75) is 26.4 Å². The molecule has 4 fully saturated rings. The maximum atomic E-state index is 13.1. The monoisotopic (exact) mass is 338 g/mol. The predicted molar refractivity (Wildman–Crippen MR) is 95.6 cm³/mol.